The number of aromatic nitrogens is 1. The Morgan fingerprint density at radius 3 is 2.79 bits per heavy atom. The normalized spacial score (nSPS) is 15.7. The number of rotatable bonds is 7. The zero-order chi connectivity index (χ0) is 20.2. The van der Waals surface area contributed by atoms with E-state index < -0.39 is 0 Å². The minimum atomic E-state index is -0.287. The van der Waals surface area contributed by atoms with Crippen LogP contribution in [0.3, 0.4) is 0 Å². The molecule has 2 aromatic carbocycles. The van der Waals surface area contributed by atoms with Crippen LogP contribution in [0, 0.1) is 5.82 Å². The summed E-state index contributed by atoms with van der Waals surface area (Å²) in [5, 5.41) is 4.94. The summed E-state index contributed by atoms with van der Waals surface area (Å²) in [4.78, 5) is 2.44. The van der Waals surface area contributed by atoms with Crippen LogP contribution in [0.4, 0.5) is 10.1 Å². The van der Waals surface area contributed by atoms with Crippen molar-refractivity contribution in [2.45, 2.75) is 25.2 Å². The van der Waals surface area contributed by atoms with Crippen LogP contribution in [0.5, 0.6) is 11.5 Å². The highest BCUT2D eigenvalue weighted by molar-refractivity contribution is 5.80. The number of hydrogen-bond donors (Lipinski definition) is 1. The Labute approximate surface area is 169 Å². The zero-order valence-corrected chi connectivity index (χ0v) is 16.6. The smallest absolute Gasteiger partial charge is 0.163 e. The van der Waals surface area contributed by atoms with E-state index in [4.69, 9.17) is 19.7 Å². The fourth-order valence-corrected chi connectivity index (χ4v) is 3.93. The van der Waals surface area contributed by atoms with E-state index >= 15 is 0 Å². The summed E-state index contributed by atoms with van der Waals surface area (Å²) in [5.41, 5.74) is 7.08. The van der Waals surface area contributed by atoms with Gasteiger partial charge in [-0.15, -0.1) is 0 Å². The van der Waals surface area contributed by atoms with Gasteiger partial charge >= 0.3 is 0 Å². The van der Waals surface area contributed by atoms with Gasteiger partial charge in [0.1, 0.15) is 17.1 Å². The summed E-state index contributed by atoms with van der Waals surface area (Å²) >= 11 is 0. The van der Waals surface area contributed by atoms with Crippen molar-refractivity contribution in [3.8, 4) is 11.5 Å². The van der Waals surface area contributed by atoms with Gasteiger partial charge in [0, 0.05) is 35.7 Å². The van der Waals surface area contributed by atoms with Gasteiger partial charge in [-0.1, -0.05) is 5.16 Å². The number of anilines is 1. The SMILES string of the molecule is COc1ccc(N)cc1OCCCN1CCC(c2onc3cc(F)ccc23)CC1. The van der Waals surface area contributed by atoms with Crippen LogP contribution < -0.4 is 15.2 Å². The average Bonchev–Trinajstić information content (AvgIpc) is 3.15. The Kier molecular flexibility index (Phi) is 5.85. The molecule has 0 aliphatic carbocycles. The van der Waals surface area contributed by atoms with Crippen molar-refractivity contribution in [3.05, 3.63) is 48.0 Å². The van der Waals surface area contributed by atoms with Crippen LogP contribution in [0.25, 0.3) is 10.9 Å². The molecule has 0 radical (unpaired) electrons. The molecule has 4 rings (SSSR count). The molecular formula is C22H26FN3O3. The minimum Gasteiger partial charge on any atom is -0.493 e. The molecule has 0 amide bonds. The monoisotopic (exact) mass is 399 g/mol. The number of likely N-dealkylation sites (tertiary alicyclic amines) is 1. The van der Waals surface area contributed by atoms with Gasteiger partial charge in [0.2, 0.25) is 0 Å². The van der Waals surface area contributed by atoms with Gasteiger partial charge in [0.15, 0.2) is 11.5 Å². The summed E-state index contributed by atoms with van der Waals surface area (Å²) < 4.78 is 30.1. The van der Waals surface area contributed by atoms with Crippen molar-refractivity contribution in [1.29, 1.82) is 0 Å². The van der Waals surface area contributed by atoms with Gasteiger partial charge in [0.25, 0.3) is 0 Å². The lowest BCUT2D eigenvalue weighted by Gasteiger charge is -2.30. The Morgan fingerprint density at radius 1 is 1.17 bits per heavy atom. The maximum absolute atomic E-state index is 13.3. The number of ether oxygens (including phenoxy) is 2. The average molecular weight is 399 g/mol. The predicted molar refractivity (Wildman–Crippen MR) is 110 cm³/mol. The molecule has 0 bridgehead atoms. The maximum Gasteiger partial charge on any atom is 0.163 e. The Balaban J connectivity index is 1.25. The maximum atomic E-state index is 13.3. The van der Waals surface area contributed by atoms with Gasteiger partial charge in [-0.3, -0.25) is 0 Å². The third-order valence-corrected chi connectivity index (χ3v) is 5.49. The summed E-state index contributed by atoms with van der Waals surface area (Å²) in [6.45, 7) is 3.57. The first-order chi connectivity index (χ1) is 14.1. The van der Waals surface area contributed by atoms with Gasteiger partial charge in [-0.2, -0.15) is 0 Å². The molecule has 0 unspecified atom stereocenters. The quantitative estimate of drug-likeness (QED) is 0.474. The van der Waals surface area contributed by atoms with Crippen molar-refractivity contribution in [3.63, 3.8) is 0 Å². The van der Waals surface area contributed by atoms with Crippen LogP contribution in [-0.4, -0.2) is 43.4 Å². The standard InChI is InChI=1S/C22H26FN3O3/c1-27-20-6-4-17(24)14-21(20)28-12-2-9-26-10-7-15(8-11-26)22-18-5-3-16(23)13-19(18)25-29-22/h3-6,13-15H,2,7-12,24H2,1H3. The number of halogens is 1. The number of nitrogen functional groups attached to an aromatic ring is 1. The van der Waals surface area contributed by atoms with E-state index in [2.05, 4.69) is 10.1 Å². The van der Waals surface area contributed by atoms with Crippen LogP contribution in [-0.2, 0) is 0 Å². The number of piperidine rings is 1. The second-order valence-corrected chi connectivity index (χ2v) is 7.44. The molecule has 6 nitrogen and oxygen atoms in total. The highest BCUT2D eigenvalue weighted by Crippen LogP contribution is 2.33. The predicted octanol–water partition coefficient (Wildman–Crippen LogP) is 4.21. The highest BCUT2D eigenvalue weighted by Gasteiger charge is 2.25. The molecule has 0 atom stereocenters. The summed E-state index contributed by atoms with van der Waals surface area (Å²) in [7, 11) is 1.62. The Morgan fingerprint density at radius 2 is 2.00 bits per heavy atom. The van der Waals surface area contributed by atoms with Crippen LogP contribution in [0.1, 0.15) is 30.9 Å². The lowest BCUT2D eigenvalue weighted by Crippen LogP contribution is -2.34. The molecule has 0 spiro atoms. The lowest BCUT2D eigenvalue weighted by atomic mass is 9.92. The second kappa shape index (κ2) is 8.69. The molecule has 154 valence electrons. The molecule has 3 aromatic rings. The fourth-order valence-electron chi connectivity index (χ4n) is 3.93. The Hall–Kier alpha value is -2.80. The molecule has 1 aliphatic heterocycles. The summed E-state index contributed by atoms with van der Waals surface area (Å²) in [5.74, 6) is 2.30. The van der Waals surface area contributed by atoms with Gasteiger partial charge < -0.3 is 24.6 Å². The van der Waals surface area contributed by atoms with E-state index in [9.17, 15) is 4.39 Å². The first-order valence-corrected chi connectivity index (χ1v) is 9.97. The molecule has 1 aromatic heterocycles. The van der Waals surface area contributed by atoms with Gasteiger partial charge in [-0.25, -0.2) is 4.39 Å². The molecule has 2 heterocycles. The number of benzene rings is 2. The van der Waals surface area contributed by atoms with E-state index in [1.807, 2.05) is 6.07 Å². The summed E-state index contributed by atoms with van der Waals surface area (Å²) in [6.07, 6.45) is 2.93. The largest absolute Gasteiger partial charge is 0.493 e. The van der Waals surface area contributed by atoms with Crippen molar-refractivity contribution in [2.75, 3.05) is 39.1 Å². The van der Waals surface area contributed by atoms with E-state index in [0.717, 1.165) is 50.0 Å². The topological polar surface area (TPSA) is 73.8 Å². The van der Waals surface area contributed by atoms with E-state index in [-0.39, 0.29) is 5.82 Å². The van der Waals surface area contributed by atoms with E-state index in [1.54, 1.807) is 25.3 Å². The lowest BCUT2D eigenvalue weighted by molar-refractivity contribution is 0.181. The number of hydrogen-bond acceptors (Lipinski definition) is 6. The molecule has 29 heavy (non-hydrogen) atoms. The third-order valence-electron chi connectivity index (χ3n) is 5.49. The van der Waals surface area contributed by atoms with Crippen molar-refractivity contribution in [2.24, 2.45) is 0 Å². The van der Waals surface area contributed by atoms with Gasteiger partial charge in [-0.05, 0) is 56.6 Å². The molecular weight excluding hydrogens is 373 g/mol. The molecule has 1 fully saturated rings. The molecule has 0 saturated carbocycles. The minimum absolute atomic E-state index is 0.287. The first kappa shape index (κ1) is 19.5. The number of nitrogens with two attached hydrogens (primary N) is 1. The van der Waals surface area contributed by atoms with E-state index in [1.165, 1.54) is 12.1 Å². The number of methoxy groups -OCH3 is 1. The summed E-state index contributed by atoms with van der Waals surface area (Å²) in [6, 6.07) is 10.1. The highest BCUT2D eigenvalue weighted by atomic mass is 19.1. The van der Waals surface area contributed by atoms with Crippen molar-refractivity contribution < 1.29 is 18.4 Å². The first-order valence-electron chi connectivity index (χ1n) is 9.97. The molecule has 7 heteroatoms. The fraction of sp³-hybridized carbons (Fsp3) is 0.409. The second-order valence-electron chi connectivity index (χ2n) is 7.44. The van der Waals surface area contributed by atoms with E-state index in [0.29, 0.717) is 35.2 Å². The van der Waals surface area contributed by atoms with Gasteiger partial charge in [0.05, 0.1) is 13.7 Å². The van der Waals surface area contributed by atoms with Crippen LogP contribution >= 0.6 is 0 Å². The zero-order valence-electron chi connectivity index (χ0n) is 16.6. The van der Waals surface area contributed by atoms with Crippen molar-refractivity contribution in [1.82, 2.24) is 10.1 Å². The molecule has 2 N–H and O–H groups in total. The van der Waals surface area contributed by atoms with Crippen LogP contribution in [0.15, 0.2) is 40.9 Å². The Bertz CT molecular complexity index is 967. The molecule has 1 saturated heterocycles. The molecule has 1 aliphatic rings. The number of fused-ring (bicyclic) bond motifs is 1. The third kappa shape index (κ3) is 4.45. The van der Waals surface area contributed by atoms with Crippen molar-refractivity contribution >= 4 is 16.6 Å². The number of nitrogens with zero attached hydrogens (tertiary/aromatic N) is 2. The van der Waals surface area contributed by atoms with Crippen LogP contribution in [0.2, 0.25) is 0 Å².